The number of nitrogens with one attached hydrogen (secondary N) is 1. The van der Waals surface area contributed by atoms with Gasteiger partial charge in [-0.3, -0.25) is 4.79 Å². The molecule has 35 heavy (non-hydrogen) atoms. The fraction of sp³-hybridized carbons (Fsp3) is 0.192. The minimum absolute atomic E-state index is 0.281. The fourth-order valence-corrected chi connectivity index (χ4v) is 3.74. The van der Waals surface area contributed by atoms with Gasteiger partial charge in [0.25, 0.3) is 5.91 Å². The highest BCUT2D eigenvalue weighted by Crippen LogP contribution is 2.39. The predicted molar refractivity (Wildman–Crippen MR) is 133 cm³/mol. The second kappa shape index (κ2) is 9.76. The number of pyridine rings is 1. The maximum atomic E-state index is 13.3. The van der Waals surface area contributed by atoms with Gasteiger partial charge in [-0.1, -0.05) is 24.8 Å². The average Bonchev–Trinajstić information content (AvgIpc) is 3.41. The lowest BCUT2D eigenvalue weighted by molar-refractivity contribution is 0.102. The van der Waals surface area contributed by atoms with Gasteiger partial charge in [-0.25, -0.2) is 9.97 Å². The third-order valence-electron chi connectivity index (χ3n) is 5.62. The van der Waals surface area contributed by atoms with E-state index in [0.29, 0.717) is 41.1 Å². The molecule has 0 aliphatic heterocycles. The number of ether oxygens (including phenoxy) is 1. The van der Waals surface area contributed by atoms with Crippen LogP contribution in [0.25, 0.3) is 17.2 Å². The van der Waals surface area contributed by atoms with Crippen LogP contribution in [0, 0.1) is 0 Å². The van der Waals surface area contributed by atoms with Gasteiger partial charge in [-0.15, -0.1) is 16.8 Å². The lowest BCUT2D eigenvalue weighted by Gasteiger charge is -2.13. The minimum Gasteiger partial charge on any atom is -0.489 e. The first kappa shape index (κ1) is 22.3. The molecule has 0 unspecified atom stereocenters. The van der Waals surface area contributed by atoms with Gasteiger partial charge < -0.3 is 19.2 Å². The first-order valence-electron chi connectivity index (χ1n) is 11.4. The Labute approximate surface area is 202 Å². The number of aromatic nitrogens is 6. The van der Waals surface area contributed by atoms with Crippen LogP contribution in [0.1, 0.15) is 34.8 Å². The third kappa shape index (κ3) is 4.89. The standard InChI is InChI=1S/C26H25N7O2/c1-3-12-32-17-28-31-25(32)21-6-5-7-24(29-21)30-26(34)20-14-19(10-11-23(20)35-13-4-2)33-15-22(27-16-33)18-8-9-18/h3-7,10-11,14-18H,1-2,8-9,12-13H2,(H,29,30,34). The molecule has 4 aromatic rings. The molecule has 0 spiro atoms. The third-order valence-corrected chi connectivity index (χ3v) is 5.62. The Morgan fingerprint density at radius 1 is 1.17 bits per heavy atom. The van der Waals surface area contributed by atoms with E-state index in [4.69, 9.17) is 4.74 Å². The van der Waals surface area contributed by atoms with Crippen molar-refractivity contribution in [3.05, 3.63) is 91.8 Å². The van der Waals surface area contributed by atoms with Gasteiger partial charge in [-0.05, 0) is 43.2 Å². The lowest BCUT2D eigenvalue weighted by atomic mass is 10.1. The summed E-state index contributed by atoms with van der Waals surface area (Å²) < 4.78 is 9.51. The second-order valence-corrected chi connectivity index (χ2v) is 8.22. The summed E-state index contributed by atoms with van der Waals surface area (Å²) in [5.41, 5.74) is 2.87. The number of hydrogen-bond acceptors (Lipinski definition) is 6. The van der Waals surface area contributed by atoms with E-state index in [9.17, 15) is 4.79 Å². The monoisotopic (exact) mass is 467 g/mol. The summed E-state index contributed by atoms with van der Waals surface area (Å²) in [6.07, 6.45) is 11.2. The zero-order valence-corrected chi connectivity index (χ0v) is 19.2. The number of nitrogens with zero attached hydrogens (tertiary/aromatic N) is 6. The molecule has 9 nitrogen and oxygen atoms in total. The molecule has 0 bridgehead atoms. The predicted octanol–water partition coefficient (Wildman–Crippen LogP) is 4.41. The summed E-state index contributed by atoms with van der Waals surface area (Å²) in [5, 5.41) is 11.0. The summed E-state index contributed by atoms with van der Waals surface area (Å²) in [4.78, 5) is 22.4. The van der Waals surface area contributed by atoms with Crippen molar-refractivity contribution in [1.82, 2.24) is 29.3 Å². The van der Waals surface area contributed by atoms with E-state index in [-0.39, 0.29) is 12.5 Å². The Balaban J connectivity index is 1.43. The number of hydrogen-bond donors (Lipinski definition) is 1. The van der Waals surface area contributed by atoms with Gasteiger partial charge in [-0.2, -0.15) is 0 Å². The molecule has 3 aromatic heterocycles. The van der Waals surface area contributed by atoms with Crippen molar-refractivity contribution in [1.29, 1.82) is 0 Å². The molecule has 1 amide bonds. The number of benzene rings is 1. The van der Waals surface area contributed by atoms with Crippen LogP contribution in [0.4, 0.5) is 5.82 Å². The number of imidazole rings is 1. The van der Waals surface area contributed by atoms with E-state index in [2.05, 4.69) is 38.6 Å². The molecule has 1 aromatic carbocycles. The minimum atomic E-state index is -0.342. The van der Waals surface area contributed by atoms with E-state index in [1.807, 2.05) is 27.5 Å². The number of carbonyl (C=O) groups excluding carboxylic acids is 1. The largest absolute Gasteiger partial charge is 0.489 e. The summed E-state index contributed by atoms with van der Waals surface area (Å²) in [5.74, 6) is 1.63. The first-order chi connectivity index (χ1) is 17.2. The smallest absolute Gasteiger partial charge is 0.260 e. The summed E-state index contributed by atoms with van der Waals surface area (Å²) in [6.45, 7) is 8.28. The summed E-state index contributed by atoms with van der Waals surface area (Å²) >= 11 is 0. The molecule has 0 radical (unpaired) electrons. The number of anilines is 1. The maximum Gasteiger partial charge on any atom is 0.260 e. The van der Waals surface area contributed by atoms with E-state index >= 15 is 0 Å². The van der Waals surface area contributed by atoms with Crippen molar-refractivity contribution in [2.24, 2.45) is 0 Å². The Kier molecular flexibility index (Phi) is 6.21. The number of carbonyl (C=O) groups is 1. The average molecular weight is 468 g/mol. The zero-order chi connectivity index (χ0) is 24.2. The molecule has 1 aliphatic rings. The van der Waals surface area contributed by atoms with Gasteiger partial charge >= 0.3 is 0 Å². The van der Waals surface area contributed by atoms with Crippen molar-refractivity contribution in [3.8, 4) is 23.0 Å². The van der Waals surface area contributed by atoms with E-state index in [1.165, 1.54) is 12.8 Å². The molecule has 3 heterocycles. The van der Waals surface area contributed by atoms with Crippen LogP contribution < -0.4 is 10.1 Å². The van der Waals surface area contributed by atoms with Crippen LogP contribution in [0.3, 0.4) is 0 Å². The number of allylic oxidation sites excluding steroid dienone is 1. The van der Waals surface area contributed by atoms with Gasteiger partial charge in [0, 0.05) is 24.3 Å². The second-order valence-electron chi connectivity index (χ2n) is 8.22. The molecule has 0 atom stereocenters. The van der Waals surface area contributed by atoms with Gasteiger partial charge in [0.2, 0.25) is 0 Å². The van der Waals surface area contributed by atoms with Crippen LogP contribution in [0.2, 0.25) is 0 Å². The molecule has 1 N–H and O–H groups in total. The highest BCUT2D eigenvalue weighted by atomic mass is 16.5. The Hall–Kier alpha value is -4.53. The molecule has 1 aliphatic carbocycles. The Bertz CT molecular complexity index is 1380. The van der Waals surface area contributed by atoms with E-state index < -0.39 is 0 Å². The molecule has 1 fully saturated rings. The number of rotatable bonds is 10. The van der Waals surface area contributed by atoms with E-state index in [1.54, 1.807) is 49.1 Å². The lowest BCUT2D eigenvalue weighted by Crippen LogP contribution is -2.15. The molecular formula is C26H25N7O2. The first-order valence-corrected chi connectivity index (χ1v) is 11.4. The Morgan fingerprint density at radius 3 is 2.86 bits per heavy atom. The van der Waals surface area contributed by atoms with Crippen molar-refractivity contribution in [2.75, 3.05) is 11.9 Å². The van der Waals surface area contributed by atoms with Gasteiger partial charge in [0.1, 0.15) is 30.2 Å². The molecule has 9 heteroatoms. The normalized spacial score (nSPS) is 12.8. The molecule has 1 saturated carbocycles. The summed E-state index contributed by atoms with van der Waals surface area (Å²) in [7, 11) is 0. The highest BCUT2D eigenvalue weighted by molar-refractivity contribution is 6.06. The number of amides is 1. The maximum absolute atomic E-state index is 13.3. The van der Waals surface area contributed by atoms with Crippen LogP contribution in [0.5, 0.6) is 5.75 Å². The molecule has 0 saturated heterocycles. The highest BCUT2D eigenvalue weighted by Gasteiger charge is 2.26. The van der Waals surface area contributed by atoms with Crippen molar-refractivity contribution >= 4 is 11.7 Å². The van der Waals surface area contributed by atoms with Gasteiger partial charge in [0.15, 0.2) is 5.82 Å². The van der Waals surface area contributed by atoms with Crippen molar-refractivity contribution in [2.45, 2.75) is 25.3 Å². The van der Waals surface area contributed by atoms with Crippen LogP contribution in [0.15, 0.2) is 80.6 Å². The summed E-state index contributed by atoms with van der Waals surface area (Å²) in [6, 6.07) is 10.8. The van der Waals surface area contributed by atoms with Crippen LogP contribution >= 0.6 is 0 Å². The molecular weight excluding hydrogens is 442 g/mol. The zero-order valence-electron chi connectivity index (χ0n) is 19.2. The van der Waals surface area contributed by atoms with Gasteiger partial charge in [0.05, 0.1) is 17.6 Å². The van der Waals surface area contributed by atoms with E-state index in [0.717, 1.165) is 11.4 Å². The van der Waals surface area contributed by atoms with Crippen LogP contribution in [-0.2, 0) is 6.54 Å². The van der Waals surface area contributed by atoms with Crippen molar-refractivity contribution < 1.29 is 9.53 Å². The fourth-order valence-electron chi connectivity index (χ4n) is 3.74. The molecule has 176 valence electrons. The topological polar surface area (TPSA) is 99.8 Å². The van der Waals surface area contributed by atoms with Crippen molar-refractivity contribution in [3.63, 3.8) is 0 Å². The molecule has 5 rings (SSSR count). The quantitative estimate of drug-likeness (QED) is 0.347. The Morgan fingerprint density at radius 2 is 2.06 bits per heavy atom. The SMILES string of the molecule is C=CCOc1ccc(-n2cnc(C3CC3)c2)cc1C(=O)Nc1cccc(-c2nncn2CC=C)n1. The van der Waals surface area contributed by atoms with Crippen LogP contribution in [-0.4, -0.2) is 41.8 Å².